The standard InChI is InChI=1S/C11H11BrFN3O/c1-2-17-8-4-3-6(5-7(8)13)10-9(12)11(14)16-15-10/h3-5H,2H2,1H3,(H3,14,15,16). The molecule has 0 atom stereocenters. The zero-order valence-electron chi connectivity index (χ0n) is 9.13. The molecule has 0 saturated heterocycles. The van der Waals surface area contributed by atoms with Gasteiger partial charge < -0.3 is 10.5 Å². The fourth-order valence-corrected chi connectivity index (χ4v) is 1.87. The number of hydrogen-bond donors (Lipinski definition) is 2. The van der Waals surface area contributed by atoms with E-state index in [9.17, 15) is 4.39 Å². The minimum atomic E-state index is -0.413. The lowest BCUT2D eigenvalue weighted by molar-refractivity contribution is 0.321. The maximum absolute atomic E-state index is 13.7. The molecule has 90 valence electrons. The third-order valence-corrected chi connectivity index (χ3v) is 3.06. The summed E-state index contributed by atoms with van der Waals surface area (Å²) >= 11 is 3.29. The van der Waals surface area contributed by atoms with Gasteiger partial charge in [0.15, 0.2) is 17.4 Å². The number of rotatable bonds is 3. The topological polar surface area (TPSA) is 63.9 Å². The van der Waals surface area contributed by atoms with Crippen LogP contribution in [0.5, 0.6) is 5.75 Å². The molecule has 0 spiro atoms. The van der Waals surface area contributed by atoms with Gasteiger partial charge in [0.25, 0.3) is 0 Å². The van der Waals surface area contributed by atoms with Gasteiger partial charge >= 0.3 is 0 Å². The minimum absolute atomic E-state index is 0.236. The number of nitrogens with one attached hydrogen (secondary N) is 1. The Labute approximate surface area is 106 Å². The molecule has 0 aliphatic carbocycles. The van der Waals surface area contributed by atoms with E-state index in [-0.39, 0.29) is 5.75 Å². The molecule has 0 fully saturated rings. The fourth-order valence-electron chi connectivity index (χ4n) is 1.46. The maximum atomic E-state index is 13.7. The Morgan fingerprint density at radius 1 is 1.53 bits per heavy atom. The summed E-state index contributed by atoms with van der Waals surface area (Å²) in [5.74, 6) is 0.165. The number of halogens is 2. The molecule has 17 heavy (non-hydrogen) atoms. The van der Waals surface area contributed by atoms with Crippen LogP contribution in [0.4, 0.5) is 10.2 Å². The average molecular weight is 300 g/mol. The van der Waals surface area contributed by atoms with Gasteiger partial charge in [0, 0.05) is 5.56 Å². The van der Waals surface area contributed by atoms with Crippen molar-refractivity contribution < 1.29 is 9.13 Å². The highest BCUT2D eigenvalue weighted by atomic mass is 79.9. The van der Waals surface area contributed by atoms with E-state index in [2.05, 4.69) is 26.1 Å². The first-order valence-corrected chi connectivity index (χ1v) is 5.84. The van der Waals surface area contributed by atoms with Crippen LogP contribution in [0.3, 0.4) is 0 Å². The molecule has 6 heteroatoms. The first kappa shape index (κ1) is 11.9. The van der Waals surface area contributed by atoms with Gasteiger partial charge in [-0.05, 0) is 41.1 Å². The summed E-state index contributed by atoms with van der Waals surface area (Å²) in [6.45, 7) is 2.23. The molecule has 1 aromatic heterocycles. The summed E-state index contributed by atoms with van der Waals surface area (Å²) in [5, 5.41) is 6.57. The molecule has 0 aliphatic heterocycles. The van der Waals surface area contributed by atoms with Crippen LogP contribution in [0.2, 0.25) is 0 Å². The molecule has 2 rings (SSSR count). The number of benzene rings is 1. The quantitative estimate of drug-likeness (QED) is 0.916. The zero-order valence-corrected chi connectivity index (χ0v) is 10.7. The highest BCUT2D eigenvalue weighted by molar-refractivity contribution is 9.10. The second-order valence-electron chi connectivity index (χ2n) is 3.38. The molecule has 3 N–H and O–H groups in total. The van der Waals surface area contributed by atoms with Crippen molar-refractivity contribution in [1.29, 1.82) is 0 Å². The van der Waals surface area contributed by atoms with Crippen LogP contribution in [0.25, 0.3) is 11.3 Å². The van der Waals surface area contributed by atoms with Crippen LogP contribution >= 0.6 is 15.9 Å². The van der Waals surface area contributed by atoms with Crippen LogP contribution in [-0.4, -0.2) is 16.8 Å². The first-order valence-electron chi connectivity index (χ1n) is 5.05. The van der Waals surface area contributed by atoms with Crippen LogP contribution in [0.1, 0.15) is 6.92 Å². The number of nitrogen functional groups attached to an aromatic ring is 1. The molecule has 0 aliphatic rings. The Kier molecular flexibility index (Phi) is 3.33. The number of aromatic nitrogens is 2. The Bertz CT molecular complexity index is 542. The van der Waals surface area contributed by atoms with E-state index in [1.807, 2.05) is 0 Å². The van der Waals surface area contributed by atoms with Crippen LogP contribution in [-0.2, 0) is 0 Å². The zero-order chi connectivity index (χ0) is 12.4. The molecule has 0 amide bonds. The number of anilines is 1. The molecule has 0 unspecified atom stereocenters. The summed E-state index contributed by atoms with van der Waals surface area (Å²) in [4.78, 5) is 0. The lowest BCUT2D eigenvalue weighted by atomic mass is 10.1. The largest absolute Gasteiger partial charge is 0.491 e. The van der Waals surface area contributed by atoms with Crippen LogP contribution < -0.4 is 10.5 Å². The average Bonchev–Trinajstić information content (AvgIpc) is 2.63. The maximum Gasteiger partial charge on any atom is 0.165 e. The number of nitrogens with two attached hydrogens (primary N) is 1. The van der Waals surface area contributed by atoms with Crippen LogP contribution in [0, 0.1) is 5.82 Å². The van der Waals surface area contributed by atoms with Crippen molar-refractivity contribution in [3.63, 3.8) is 0 Å². The number of aromatic amines is 1. The normalized spacial score (nSPS) is 10.5. The molecule has 1 aromatic carbocycles. The first-order chi connectivity index (χ1) is 8.13. The monoisotopic (exact) mass is 299 g/mol. The third kappa shape index (κ3) is 2.26. The van der Waals surface area contributed by atoms with Crippen molar-refractivity contribution in [2.45, 2.75) is 6.92 Å². The smallest absolute Gasteiger partial charge is 0.165 e. The van der Waals surface area contributed by atoms with Gasteiger partial charge in [0.05, 0.1) is 16.8 Å². The van der Waals surface area contributed by atoms with Crippen LogP contribution in [0.15, 0.2) is 22.7 Å². The molecular weight excluding hydrogens is 289 g/mol. The number of ether oxygens (including phenoxy) is 1. The molecule has 4 nitrogen and oxygen atoms in total. The van der Waals surface area contributed by atoms with E-state index >= 15 is 0 Å². The fraction of sp³-hybridized carbons (Fsp3) is 0.182. The molecule has 0 bridgehead atoms. The summed E-state index contributed by atoms with van der Waals surface area (Å²) < 4.78 is 19.4. The summed E-state index contributed by atoms with van der Waals surface area (Å²) in [6.07, 6.45) is 0. The van der Waals surface area contributed by atoms with Crippen molar-refractivity contribution in [1.82, 2.24) is 10.2 Å². The summed E-state index contributed by atoms with van der Waals surface area (Å²) in [7, 11) is 0. The summed E-state index contributed by atoms with van der Waals surface area (Å²) in [6, 6.07) is 4.70. The minimum Gasteiger partial charge on any atom is -0.491 e. The van der Waals surface area contributed by atoms with Crippen molar-refractivity contribution in [2.24, 2.45) is 0 Å². The Morgan fingerprint density at radius 2 is 2.29 bits per heavy atom. The lowest BCUT2D eigenvalue weighted by Crippen LogP contribution is -1.94. The Morgan fingerprint density at radius 3 is 2.82 bits per heavy atom. The van der Waals surface area contributed by atoms with E-state index in [0.29, 0.717) is 28.2 Å². The van der Waals surface area contributed by atoms with Gasteiger partial charge in [0.2, 0.25) is 0 Å². The highest BCUT2D eigenvalue weighted by Gasteiger charge is 2.12. The van der Waals surface area contributed by atoms with Gasteiger partial charge in [-0.25, -0.2) is 4.39 Å². The molecule has 0 saturated carbocycles. The van der Waals surface area contributed by atoms with Crippen molar-refractivity contribution in [2.75, 3.05) is 12.3 Å². The van der Waals surface area contributed by atoms with E-state index in [1.165, 1.54) is 6.07 Å². The van der Waals surface area contributed by atoms with Gasteiger partial charge in [0.1, 0.15) is 0 Å². The third-order valence-electron chi connectivity index (χ3n) is 2.25. The summed E-state index contributed by atoms with van der Waals surface area (Å²) in [5.41, 5.74) is 6.88. The van der Waals surface area contributed by atoms with Crippen molar-refractivity contribution >= 4 is 21.7 Å². The van der Waals surface area contributed by atoms with E-state index in [4.69, 9.17) is 10.5 Å². The van der Waals surface area contributed by atoms with Gasteiger partial charge in [-0.1, -0.05) is 0 Å². The van der Waals surface area contributed by atoms with E-state index in [0.717, 1.165) is 0 Å². The number of H-pyrrole nitrogens is 1. The predicted molar refractivity (Wildman–Crippen MR) is 67.3 cm³/mol. The Balaban J connectivity index is 2.41. The molecule has 0 radical (unpaired) electrons. The predicted octanol–water partition coefficient (Wildman–Crippen LogP) is 2.96. The van der Waals surface area contributed by atoms with Gasteiger partial charge in [-0.15, -0.1) is 0 Å². The van der Waals surface area contributed by atoms with E-state index < -0.39 is 5.82 Å². The number of hydrogen-bond acceptors (Lipinski definition) is 3. The van der Waals surface area contributed by atoms with Crippen molar-refractivity contribution in [3.8, 4) is 17.0 Å². The van der Waals surface area contributed by atoms with Crippen molar-refractivity contribution in [3.05, 3.63) is 28.5 Å². The molecular formula is C11H11BrFN3O. The lowest BCUT2D eigenvalue weighted by Gasteiger charge is -2.06. The molecule has 1 heterocycles. The van der Waals surface area contributed by atoms with Gasteiger partial charge in [-0.2, -0.15) is 5.10 Å². The second-order valence-corrected chi connectivity index (χ2v) is 4.17. The van der Waals surface area contributed by atoms with E-state index in [1.54, 1.807) is 19.1 Å². The number of nitrogens with zero attached hydrogens (tertiary/aromatic N) is 1. The Hall–Kier alpha value is -1.56. The second kappa shape index (κ2) is 4.75. The van der Waals surface area contributed by atoms with Gasteiger partial charge in [-0.3, -0.25) is 5.10 Å². The molecule has 2 aromatic rings. The SMILES string of the molecule is CCOc1ccc(-c2[nH]nc(N)c2Br)cc1F. The highest BCUT2D eigenvalue weighted by Crippen LogP contribution is 2.32.